The molecule has 2 aromatic heterocycles. The van der Waals surface area contributed by atoms with E-state index in [9.17, 15) is 9.59 Å². The Hall–Kier alpha value is -3.13. The normalized spacial score (nSPS) is 10.6. The minimum atomic E-state index is -0.779. The van der Waals surface area contributed by atoms with Crippen molar-refractivity contribution >= 4 is 23.4 Å². The van der Waals surface area contributed by atoms with Crippen molar-refractivity contribution in [3.05, 3.63) is 59.2 Å². The zero-order chi connectivity index (χ0) is 20.5. The first-order valence-corrected chi connectivity index (χ1v) is 10.2. The number of ether oxygens (including phenoxy) is 1. The average molecular weight is 414 g/mol. The summed E-state index contributed by atoms with van der Waals surface area (Å²) in [6.07, 6.45) is 3.98. The lowest BCUT2D eigenvalue weighted by molar-refractivity contribution is -0.137. The molecule has 0 spiro atoms. The van der Waals surface area contributed by atoms with Crippen LogP contribution in [0.15, 0.2) is 52.5 Å². The fourth-order valence-corrected chi connectivity index (χ4v) is 3.34. The predicted molar refractivity (Wildman–Crippen MR) is 109 cm³/mol. The van der Waals surface area contributed by atoms with Crippen LogP contribution in [0.5, 0.6) is 5.88 Å². The van der Waals surface area contributed by atoms with Gasteiger partial charge in [0.05, 0.1) is 12.9 Å². The van der Waals surface area contributed by atoms with Crippen LogP contribution in [0.2, 0.25) is 0 Å². The molecule has 0 aliphatic heterocycles. The molecule has 152 valence electrons. The Labute approximate surface area is 172 Å². The predicted octanol–water partition coefficient (Wildman–Crippen LogP) is 4.36. The standard InChI is InChI=1S/C21H22N2O5S/c24-19(25)6-2-1-3-11-28-21-17(14-29-23-21)13-22-20(26)16-9-7-15(8-10-16)18-5-4-12-27-18/h4-5,7-10,12,14H,1-3,6,11,13H2,(H,22,26)(H,24,25). The van der Waals surface area contributed by atoms with E-state index in [0.29, 0.717) is 31.0 Å². The van der Waals surface area contributed by atoms with Crippen molar-refractivity contribution in [1.82, 2.24) is 9.69 Å². The van der Waals surface area contributed by atoms with Crippen LogP contribution in [0, 0.1) is 0 Å². The van der Waals surface area contributed by atoms with Gasteiger partial charge in [0, 0.05) is 35.0 Å². The Morgan fingerprint density at radius 3 is 2.69 bits per heavy atom. The zero-order valence-corrected chi connectivity index (χ0v) is 16.6. The van der Waals surface area contributed by atoms with E-state index in [1.54, 1.807) is 18.4 Å². The Bertz CT molecular complexity index is 919. The minimum absolute atomic E-state index is 0.177. The van der Waals surface area contributed by atoms with Crippen LogP contribution >= 0.6 is 11.5 Å². The first-order valence-electron chi connectivity index (χ1n) is 9.33. The molecular weight excluding hydrogens is 392 g/mol. The summed E-state index contributed by atoms with van der Waals surface area (Å²) in [6.45, 7) is 0.794. The molecule has 1 amide bonds. The number of rotatable bonds is 11. The summed E-state index contributed by atoms with van der Waals surface area (Å²) in [5.74, 6) is 0.314. The molecule has 0 unspecified atom stereocenters. The van der Waals surface area contributed by atoms with Crippen molar-refractivity contribution in [2.24, 2.45) is 0 Å². The molecule has 2 heterocycles. The molecule has 0 aliphatic rings. The van der Waals surface area contributed by atoms with Crippen LogP contribution in [0.1, 0.15) is 41.6 Å². The molecule has 3 aromatic rings. The summed E-state index contributed by atoms with van der Waals surface area (Å²) in [5, 5.41) is 13.3. The van der Waals surface area contributed by atoms with Crippen molar-refractivity contribution in [3.8, 4) is 17.2 Å². The molecule has 0 atom stereocenters. The van der Waals surface area contributed by atoms with Gasteiger partial charge in [-0.1, -0.05) is 12.1 Å². The quantitative estimate of drug-likeness (QED) is 0.452. The van der Waals surface area contributed by atoms with Crippen LogP contribution in [-0.2, 0) is 11.3 Å². The van der Waals surface area contributed by atoms with E-state index in [1.165, 1.54) is 11.5 Å². The van der Waals surface area contributed by atoms with Gasteiger partial charge in [-0.3, -0.25) is 9.59 Å². The third kappa shape index (κ3) is 6.18. The number of hydrogen-bond acceptors (Lipinski definition) is 6. The fraction of sp³-hybridized carbons (Fsp3) is 0.286. The van der Waals surface area contributed by atoms with E-state index in [0.717, 1.165) is 29.7 Å². The average Bonchev–Trinajstić information content (AvgIpc) is 3.41. The van der Waals surface area contributed by atoms with Crippen LogP contribution in [0.25, 0.3) is 11.3 Å². The van der Waals surface area contributed by atoms with Gasteiger partial charge in [0.2, 0.25) is 5.88 Å². The van der Waals surface area contributed by atoms with Gasteiger partial charge in [0.1, 0.15) is 5.76 Å². The number of nitrogens with one attached hydrogen (secondary N) is 1. The summed E-state index contributed by atoms with van der Waals surface area (Å²) < 4.78 is 15.2. The Morgan fingerprint density at radius 2 is 1.97 bits per heavy atom. The monoisotopic (exact) mass is 414 g/mol. The zero-order valence-electron chi connectivity index (χ0n) is 15.8. The largest absolute Gasteiger partial charge is 0.481 e. The number of furan rings is 1. The number of hydrogen-bond donors (Lipinski definition) is 2. The van der Waals surface area contributed by atoms with Crippen molar-refractivity contribution < 1.29 is 23.8 Å². The molecule has 0 aliphatic carbocycles. The molecule has 3 rings (SSSR count). The van der Waals surface area contributed by atoms with E-state index < -0.39 is 5.97 Å². The molecule has 0 saturated heterocycles. The number of amides is 1. The molecule has 8 heteroatoms. The highest BCUT2D eigenvalue weighted by Crippen LogP contribution is 2.21. The van der Waals surface area contributed by atoms with Crippen molar-refractivity contribution in [3.63, 3.8) is 0 Å². The van der Waals surface area contributed by atoms with E-state index in [2.05, 4.69) is 9.69 Å². The summed E-state index contributed by atoms with van der Waals surface area (Å²) >= 11 is 1.27. The number of aliphatic carboxylic acids is 1. The van der Waals surface area contributed by atoms with Gasteiger partial charge in [-0.05, 0) is 55.1 Å². The summed E-state index contributed by atoms with van der Waals surface area (Å²) in [5.41, 5.74) is 2.29. The number of carboxylic acid groups (broad SMARTS) is 1. The van der Waals surface area contributed by atoms with Gasteiger partial charge in [-0.2, -0.15) is 4.37 Å². The molecule has 0 fully saturated rings. The second kappa shape index (κ2) is 10.4. The molecule has 2 N–H and O–H groups in total. The maximum absolute atomic E-state index is 12.4. The summed E-state index contributed by atoms with van der Waals surface area (Å²) in [7, 11) is 0. The molecule has 0 saturated carbocycles. The van der Waals surface area contributed by atoms with Crippen molar-refractivity contribution in [1.29, 1.82) is 0 Å². The second-order valence-electron chi connectivity index (χ2n) is 6.44. The number of carbonyl (C=O) groups is 2. The molecule has 29 heavy (non-hydrogen) atoms. The van der Waals surface area contributed by atoms with E-state index in [4.69, 9.17) is 14.3 Å². The number of carbonyl (C=O) groups excluding carboxylic acids is 1. The number of aromatic nitrogens is 1. The second-order valence-corrected chi connectivity index (χ2v) is 7.06. The maximum Gasteiger partial charge on any atom is 0.303 e. The summed E-state index contributed by atoms with van der Waals surface area (Å²) in [4.78, 5) is 22.9. The first-order chi connectivity index (χ1) is 14.1. The number of benzene rings is 1. The minimum Gasteiger partial charge on any atom is -0.481 e. The number of carboxylic acids is 1. The van der Waals surface area contributed by atoms with E-state index in [1.807, 2.05) is 29.6 Å². The van der Waals surface area contributed by atoms with Gasteiger partial charge < -0.3 is 19.6 Å². The SMILES string of the molecule is O=C(O)CCCCCOc1nscc1CNC(=O)c1ccc(-c2ccco2)cc1. The maximum atomic E-state index is 12.4. The van der Waals surface area contributed by atoms with Gasteiger partial charge in [-0.15, -0.1) is 0 Å². The van der Waals surface area contributed by atoms with E-state index >= 15 is 0 Å². The van der Waals surface area contributed by atoms with Gasteiger partial charge in [0.25, 0.3) is 5.91 Å². The lowest BCUT2D eigenvalue weighted by Crippen LogP contribution is -2.22. The molecular formula is C21H22N2O5S. The van der Waals surface area contributed by atoms with Crippen LogP contribution in [-0.4, -0.2) is 28.0 Å². The van der Waals surface area contributed by atoms with Crippen LogP contribution in [0.3, 0.4) is 0 Å². The highest BCUT2D eigenvalue weighted by molar-refractivity contribution is 7.03. The summed E-state index contributed by atoms with van der Waals surface area (Å²) in [6, 6.07) is 10.9. The van der Waals surface area contributed by atoms with Crippen molar-refractivity contribution in [2.75, 3.05) is 6.61 Å². The molecule has 7 nitrogen and oxygen atoms in total. The lowest BCUT2D eigenvalue weighted by atomic mass is 10.1. The topological polar surface area (TPSA) is 102 Å². The van der Waals surface area contributed by atoms with Crippen molar-refractivity contribution in [2.45, 2.75) is 32.2 Å². The van der Waals surface area contributed by atoms with Crippen LogP contribution in [0.4, 0.5) is 0 Å². The Kier molecular flexibility index (Phi) is 7.40. The first kappa shape index (κ1) is 20.6. The highest BCUT2D eigenvalue weighted by Gasteiger charge is 2.11. The third-order valence-corrected chi connectivity index (χ3v) is 4.93. The third-order valence-electron chi connectivity index (χ3n) is 4.27. The lowest BCUT2D eigenvalue weighted by Gasteiger charge is -2.08. The molecule has 0 bridgehead atoms. The molecule has 0 radical (unpaired) electrons. The van der Waals surface area contributed by atoms with Gasteiger partial charge >= 0.3 is 5.97 Å². The van der Waals surface area contributed by atoms with E-state index in [-0.39, 0.29) is 12.3 Å². The van der Waals surface area contributed by atoms with Crippen LogP contribution < -0.4 is 10.1 Å². The number of nitrogens with zero attached hydrogens (tertiary/aromatic N) is 1. The Balaban J connectivity index is 1.45. The fourth-order valence-electron chi connectivity index (χ4n) is 2.71. The van der Waals surface area contributed by atoms with Gasteiger partial charge in [-0.25, -0.2) is 0 Å². The van der Waals surface area contributed by atoms with Gasteiger partial charge in [0.15, 0.2) is 0 Å². The number of unbranched alkanes of at least 4 members (excludes halogenated alkanes) is 2. The Morgan fingerprint density at radius 1 is 1.14 bits per heavy atom. The smallest absolute Gasteiger partial charge is 0.303 e. The highest BCUT2D eigenvalue weighted by atomic mass is 32.1. The molecule has 1 aromatic carbocycles.